The molecule has 3 heterocycles. The highest BCUT2D eigenvalue weighted by Crippen LogP contribution is 2.24. The second kappa shape index (κ2) is 6.02. The first kappa shape index (κ1) is 14.2. The smallest absolute Gasteiger partial charge is 0.154 e. The fraction of sp³-hybridized carbons (Fsp3) is 0.471. The van der Waals surface area contributed by atoms with Crippen LogP contribution in [0.5, 0.6) is 0 Å². The third-order valence-electron chi connectivity index (χ3n) is 4.66. The summed E-state index contributed by atoms with van der Waals surface area (Å²) in [7, 11) is 1.91. The predicted molar refractivity (Wildman–Crippen MR) is 90.3 cm³/mol. The Bertz CT molecular complexity index is 796. The van der Waals surface area contributed by atoms with Gasteiger partial charge in [-0.2, -0.15) is 5.10 Å². The van der Waals surface area contributed by atoms with Crippen LogP contribution in [0.2, 0.25) is 0 Å². The van der Waals surface area contributed by atoms with Gasteiger partial charge in [0.25, 0.3) is 0 Å². The van der Waals surface area contributed by atoms with Crippen molar-refractivity contribution in [2.45, 2.75) is 32.1 Å². The van der Waals surface area contributed by atoms with Gasteiger partial charge in [-0.05, 0) is 30.9 Å². The van der Waals surface area contributed by atoms with E-state index < -0.39 is 0 Å². The van der Waals surface area contributed by atoms with E-state index in [4.69, 9.17) is 5.10 Å². The number of anilines is 1. The highest BCUT2D eigenvalue weighted by Gasteiger charge is 2.14. The van der Waals surface area contributed by atoms with Crippen molar-refractivity contribution in [1.82, 2.24) is 24.4 Å². The molecule has 0 aromatic carbocycles. The minimum atomic E-state index is 0.779. The molecule has 0 amide bonds. The normalized spacial score (nSPS) is 16.0. The topological polar surface area (TPSA) is 60.0 Å². The number of imidazole rings is 1. The Morgan fingerprint density at radius 3 is 2.83 bits per heavy atom. The summed E-state index contributed by atoms with van der Waals surface area (Å²) in [4.78, 5) is 4.43. The summed E-state index contributed by atoms with van der Waals surface area (Å²) < 4.78 is 3.68. The molecule has 6 nitrogen and oxygen atoms in total. The van der Waals surface area contributed by atoms with Crippen LogP contribution in [-0.4, -0.2) is 30.9 Å². The van der Waals surface area contributed by atoms with Crippen molar-refractivity contribution >= 4 is 11.5 Å². The molecule has 3 aromatic heterocycles. The molecule has 3 aromatic rings. The van der Waals surface area contributed by atoms with E-state index in [1.54, 1.807) is 4.68 Å². The molecule has 0 bridgehead atoms. The Morgan fingerprint density at radius 1 is 1.17 bits per heavy atom. The maximum atomic E-state index is 4.71. The molecule has 0 unspecified atom stereocenters. The van der Waals surface area contributed by atoms with E-state index >= 15 is 0 Å². The summed E-state index contributed by atoms with van der Waals surface area (Å²) in [6, 6.07) is 4.02. The van der Waals surface area contributed by atoms with Crippen molar-refractivity contribution < 1.29 is 0 Å². The molecule has 1 fully saturated rings. The standard InChI is InChI=1S/C17H22N6/c1-22-12-14(10-20-22)15-11-19-17-8-7-16(21-23(15)17)18-9-13-5-3-2-4-6-13/h7-8,10-13H,2-6,9H2,1H3,(H,18,21). The molecular weight excluding hydrogens is 288 g/mol. The molecule has 0 atom stereocenters. The molecule has 1 N–H and O–H groups in total. The Kier molecular flexibility index (Phi) is 3.73. The lowest BCUT2D eigenvalue weighted by molar-refractivity contribution is 0.373. The van der Waals surface area contributed by atoms with Gasteiger partial charge in [-0.3, -0.25) is 4.68 Å². The molecule has 0 aliphatic heterocycles. The highest BCUT2D eigenvalue weighted by molar-refractivity contribution is 5.62. The van der Waals surface area contributed by atoms with Gasteiger partial charge in [0, 0.05) is 25.4 Å². The van der Waals surface area contributed by atoms with Crippen molar-refractivity contribution in [3.63, 3.8) is 0 Å². The molecule has 0 spiro atoms. The molecule has 4 rings (SSSR count). The molecule has 1 saturated carbocycles. The molecular formula is C17H22N6. The number of fused-ring (bicyclic) bond motifs is 1. The molecule has 0 radical (unpaired) electrons. The van der Waals surface area contributed by atoms with Crippen LogP contribution < -0.4 is 5.32 Å². The average Bonchev–Trinajstić information content (AvgIpc) is 3.19. The van der Waals surface area contributed by atoms with Crippen molar-refractivity contribution in [3.8, 4) is 11.3 Å². The summed E-state index contributed by atoms with van der Waals surface area (Å²) in [5.41, 5.74) is 2.85. The predicted octanol–water partition coefficient (Wildman–Crippen LogP) is 3.12. The lowest BCUT2D eigenvalue weighted by Gasteiger charge is -2.21. The van der Waals surface area contributed by atoms with Gasteiger partial charge in [0.2, 0.25) is 0 Å². The van der Waals surface area contributed by atoms with Crippen LogP contribution in [0.4, 0.5) is 5.82 Å². The second-order valence-electron chi connectivity index (χ2n) is 6.42. The number of aryl methyl sites for hydroxylation is 1. The van der Waals surface area contributed by atoms with Crippen molar-refractivity contribution in [2.24, 2.45) is 13.0 Å². The van der Waals surface area contributed by atoms with Gasteiger partial charge in [-0.15, -0.1) is 5.10 Å². The summed E-state index contributed by atoms with van der Waals surface area (Å²) >= 11 is 0. The first-order chi connectivity index (χ1) is 11.3. The lowest BCUT2D eigenvalue weighted by Crippen LogP contribution is -2.18. The van der Waals surface area contributed by atoms with Gasteiger partial charge in [-0.25, -0.2) is 9.50 Å². The first-order valence-electron chi connectivity index (χ1n) is 8.37. The number of nitrogens with one attached hydrogen (secondary N) is 1. The SMILES string of the molecule is Cn1cc(-c2cnc3ccc(NCC4CCCCC4)nn23)cn1. The number of hydrogen-bond donors (Lipinski definition) is 1. The van der Waals surface area contributed by atoms with E-state index in [9.17, 15) is 0 Å². The zero-order chi connectivity index (χ0) is 15.6. The lowest BCUT2D eigenvalue weighted by atomic mass is 9.89. The molecule has 0 saturated heterocycles. The van der Waals surface area contributed by atoms with Crippen LogP contribution in [0.3, 0.4) is 0 Å². The minimum absolute atomic E-state index is 0.779. The van der Waals surface area contributed by atoms with Gasteiger partial charge in [-0.1, -0.05) is 19.3 Å². The third kappa shape index (κ3) is 2.93. The van der Waals surface area contributed by atoms with Gasteiger partial charge >= 0.3 is 0 Å². The third-order valence-corrected chi connectivity index (χ3v) is 4.66. The maximum Gasteiger partial charge on any atom is 0.154 e. The first-order valence-corrected chi connectivity index (χ1v) is 8.37. The zero-order valence-corrected chi connectivity index (χ0v) is 13.4. The zero-order valence-electron chi connectivity index (χ0n) is 13.4. The average molecular weight is 310 g/mol. The molecule has 120 valence electrons. The highest BCUT2D eigenvalue weighted by atomic mass is 15.3. The van der Waals surface area contributed by atoms with Crippen molar-refractivity contribution in [2.75, 3.05) is 11.9 Å². The summed E-state index contributed by atoms with van der Waals surface area (Å²) in [5.74, 6) is 1.69. The van der Waals surface area contributed by atoms with Crippen molar-refractivity contribution in [3.05, 3.63) is 30.7 Å². The summed E-state index contributed by atoms with van der Waals surface area (Å²) in [6.07, 6.45) is 12.5. The largest absolute Gasteiger partial charge is 0.368 e. The molecule has 23 heavy (non-hydrogen) atoms. The molecule has 1 aliphatic carbocycles. The van der Waals surface area contributed by atoms with Gasteiger partial charge < -0.3 is 5.32 Å². The van der Waals surface area contributed by atoms with Crippen LogP contribution in [-0.2, 0) is 7.05 Å². The van der Waals surface area contributed by atoms with E-state index in [0.717, 1.165) is 35.2 Å². The maximum absolute atomic E-state index is 4.71. The number of nitrogens with zero attached hydrogens (tertiary/aromatic N) is 5. The molecule has 6 heteroatoms. The van der Waals surface area contributed by atoms with Crippen molar-refractivity contribution in [1.29, 1.82) is 0 Å². The van der Waals surface area contributed by atoms with E-state index in [1.807, 2.05) is 42.3 Å². The van der Waals surface area contributed by atoms with Crippen LogP contribution in [0.15, 0.2) is 30.7 Å². The van der Waals surface area contributed by atoms with Crippen LogP contribution in [0.1, 0.15) is 32.1 Å². The van der Waals surface area contributed by atoms with E-state index in [2.05, 4.69) is 15.4 Å². The quantitative estimate of drug-likeness (QED) is 0.804. The Balaban J connectivity index is 1.56. The van der Waals surface area contributed by atoms with Crippen LogP contribution >= 0.6 is 0 Å². The monoisotopic (exact) mass is 310 g/mol. The number of rotatable bonds is 4. The van der Waals surface area contributed by atoms with Gasteiger partial charge in [0.05, 0.1) is 18.1 Å². The Morgan fingerprint density at radius 2 is 2.04 bits per heavy atom. The Labute approximate surface area is 135 Å². The van der Waals surface area contributed by atoms with Gasteiger partial charge in [0.1, 0.15) is 5.82 Å². The second-order valence-corrected chi connectivity index (χ2v) is 6.42. The summed E-state index contributed by atoms with van der Waals surface area (Å²) in [6.45, 7) is 1.01. The van der Waals surface area contributed by atoms with Crippen LogP contribution in [0, 0.1) is 5.92 Å². The van der Waals surface area contributed by atoms with E-state index in [0.29, 0.717) is 0 Å². The van der Waals surface area contributed by atoms with E-state index in [1.165, 1.54) is 32.1 Å². The van der Waals surface area contributed by atoms with Crippen LogP contribution in [0.25, 0.3) is 16.9 Å². The fourth-order valence-electron chi connectivity index (χ4n) is 3.36. The number of aromatic nitrogens is 5. The summed E-state index contributed by atoms with van der Waals surface area (Å²) in [5, 5.41) is 12.4. The minimum Gasteiger partial charge on any atom is -0.368 e. The Hall–Kier alpha value is -2.37. The molecule has 1 aliphatic rings. The number of hydrogen-bond acceptors (Lipinski definition) is 4. The van der Waals surface area contributed by atoms with E-state index in [-0.39, 0.29) is 0 Å². The van der Waals surface area contributed by atoms with Gasteiger partial charge in [0.15, 0.2) is 5.65 Å². The fourth-order valence-corrected chi connectivity index (χ4v) is 3.36.